The summed E-state index contributed by atoms with van der Waals surface area (Å²) in [7, 11) is 0. The Morgan fingerprint density at radius 2 is 1.84 bits per heavy atom. The lowest BCUT2D eigenvalue weighted by Gasteiger charge is -2.26. The number of carbonyl (C=O) groups is 2. The summed E-state index contributed by atoms with van der Waals surface area (Å²) < 4.78 is 11.2. The fourth-order valence-corrected chi connectivity index (χ4v) is 3.14. The Kier molecular flexibility index (Phi) is 8.44. The molecule has 31 heavy (non-hydrogen) atoms. The Morgan fingerprint density at radius 1 is 1.10 bits per heavy atom. The molecule has 0 aromatic heterocycles. The van der Waals surface area contributed by atoms with Crippen molar-refractivity contribution in [2.24, 2.45) is 5.92 Å². The first-order chi connectivity index (χ1) is 15.0. The first-order valence-corrected chi connectivity index (χ1v) is 10.7. The molecule has 2 N–H and O–H groups in total. The Bertz CT molecular complexity index is 861. The fraction of sp³-hybridized carbons (Fsp3) is 0.417. The second kappa shape index (κ2) is 11.5. The molecule has 2 aromatic carbocycles. The molecule has 1 aliphatic rings. The van der Waals surface area contributed by atoms with Gasteiger partial charge in [0.05, 0.1) is 13.2 Å². The lowest BCUT2D eigenvalue weighted by Crippen LogP contribution is -2.38. The summed E-state index contributed by atoms with van der Waals surface area (Å²) in [5, 5.41) is 5.74. The van der Waals surface area contributed by atoms with Gasteiger partial charge >= 0.3 is 0 Å². The van der Waals surface area contributed by atoms with Crippen LogP contribution < -0.4 is 15.4 Å². The van der Waals surface area contributed by atoms with Gasteiger partial charge in [0.25, 0.3) is 5.91 Å². The van der Waals surface area contributed by atoms with Gasteiger partial charge in [-0.05, 0) is 42.0 Å². The lowest BCUT2D eigenvalue weighted by atomic mass is 10.1. The van der Waals surface area contributed by atoms with E-state index in [4.69, 9.17) is 9.47 Å². The smallest absolute Gasteiger partial charge is 0.251 e. The van der Waals surface area contributed by atoms with E-state index in [1.165, 1.54) is 0 Å². The van der Waals surface area contributed by atoms with Gasteiger partial charge in [0.15, 0.2) is 0 Å². The highest BCUT2D eigenvalue weighted by molar-refractivity contribution is 5.96. The first kappa shape index (κ1) is 22.8. The Labute approximate surface area is 183 Å². The van der Waals surface area contributed by atoms with Gasteiger partial charge in [0.2, 0.25) is 5.91 Å². The van der Waals surface area contributed by atoms with Crippen molar-refractivity contribution in [1.82, 2.24) is 10.2 Å². The van der Waals surface area contributed by atoms with E-state index in [2.05, 4.69) is 15.5 Å². The van der Waals surface area contributed by atoms with Crippen molar-refractivity contribution in [1.29, 1.82) is 0 Å². The van der Waals surface area contributed by atoms with Crippen molar-refractivity contribution in [3.63, 3.8) is 0 Å². The third kappa shape index (κ3) is 7.38. The minimum atomic E-state index is -0.166. The summed E-state index contributed by atoms with van der Waals surface area (Å²) in [5.74, 6) is 0.483. The molecule has 0 aliphatic carbocycles. The summed E-state index contributed by atoms with van der Waals surface area (Å²) >= 11 is 0. The van der Waals surface area contributed by atoms with Crippen LogP contribution in [0.2, 0.25) is 0 Å². The molecule has 1 fully saturated rings. The summed E-state index contributed by atoms with van der Waals surface area (Å²) in [6, 6.07) is 14.6. The van der Waals surface area contributed by atoms with Crippen LogP contribution in [0.3, 0.4) is 0 Å². The molecular weight excluding hydrogens is 394 g/mol. The van der Waals surface area contributed by atoms with Crippen molar-refractivity contribution in [3.8, 4) is 5.75 Å². The number of amides is 2. The monoisotopic (exact) mass is 425 g/mol. The van der Waals surface area contributed by atoms with Crippen LogP contribution in [0.5, 0.6) is 5.75 Å². The average molecular weight is 426 g/mol. The van der Waals surface area contributed by atoms with Gasteiger partial charge in [-0.25, -0.2) is 0 Å². The van der Waals surface area contributed by atoms with Crippen LogP contribution >= 0.6 is 0 Å². The number of hydrogen-bond donors (Lipinski definition) is 2. The van der Waals surface area contributed by atoms with Crippen LogP contribution in [0.1, 0.15) is 29.8 Å². The molecule has 1 saturated heterocycles. The van der Waals surface area contributed by atoms with Crippen molar-refractivity contribution >= 4 is 17.5 Å². The van der Waals surface area contributed by atoms with Crippen LogP contribution in [-0.2, 0) is 16.1 Å². The summed E-state index contributed by atoms with van der Waals surface area (Å²) in [5.41, 5.74) is 2.19. The van der Waals surface area contributed by atoms with Gasteiger partial charge in [-0.15, -0.1) is 0 Å². The zero-order valence-electron chi connectivity index (χ0n) is 18.2. The molecule has 0 spiro atoms. The third-order valence-electron chi connectivity index (χ3n) is 5.07. The van der Waals surface area contributed by atoms with Crippen LogP contribution in [0.15, 0.2) is 48.5 Å². The predicted molar refractivity (Wildman–Crippen MR) is 120 cm³/mol. The number of benzene rings is 2. The molecule has 2 amide bonds. The molecule has 7 heteroatoms. The van der Waals surface area contributed by atoms with Gasteiger partial charge in [-0.3, -0.25) is 14.5 Å². The standard InChI is InChI=1S/C24H31N3O4/c1-18(2)23(28)26-21-8-6-20(7-9-21)24(29)25-17-19-4-3-5-22(16-19)31-15-12-27-10-13-30-14-11-27/h3-9,16,18H,10-15,17H2,1-2H3,(H,25,29)(H,26,28). The van der Waals surface area contributed by atoms with E-state index < -0.39 is 0 Å². The largest absolute Gasteiger partial charge is 0.492 e. The molecule has 0 radical (unpaired) electrons. The van der Waals surface area contributed by atoms with E-state index in [1.54, 1.807) is 24.3 Å². The normalized spacial score (nSPS) is 14.3. The Balaban J connectivity index is 1.45. The fourth-order valence-electron chi connectivity index (χ4n) is 3.14. The molecule has 2 aromatic rings. The van der Waals surface area contributed by atoms with Crippen LogP contribution in [0, 0.1) is 5.92 Å². The zero-order chi connectivity index (χ0) is 22.1. The quantitative estimate of drug-likeness (QED) is 0.646. The zero-order valence-corrected chi connectivity index (χ0v) is 18.2. The van der Waals surface area contributed by atoms with E-state index in [9.17, 15) is 9.59 Å². The number of carbonyl (C=O) groups excluding carboxylic acids is 2. The summed E-state index contributed by atoms with van der Waals surface area (Å²) in [6.07, 6.45) is 0. The molecule has 3 rings (SSSR count). The van der Waals surface area contributed by atoms with Crippen molar-refractivity contribution in [2.45, 2.75) is 20.4 Å². The second-order valence-electron chi connectivity index (χ2n) is 7.85. The van der Waals surface area contributed by atoms with Crippen LogP contribution in [-0.4, -0.2) is 56.2 Å². The predicted octanol–water partition coefficient (Wildman–Crippen LogP) is 2.92. The van der Waals surface area contributed by atoms with Gasteiger partial charge in [0.1, 0.15) is 12.4 Å². The molecule has 0 saturated carbocycles. The van der Waals surface area contributed by atoms with E-state index >= 15 is 0 Å². The maximum atomic E-state index is 12.4. The SMILES string of the molecule is CC(C)C(=O)Nc1ccc(C(=O)NCc2cccc(OCCN3CCOCC3)c2)cc1. The summed E-state index contributed by atoms with van der Waals surface area (Å²) in [4.78, 5) is 26.5. The molecular formula is C24H31N3O4. The van der Waals surface area contributed by atoms with Crippen molar-refractivity contribution in [2.75, 3.05) is 44.8 Å². The molecule has 1 heterocycles. The number of morpholine rings is 1. The average Bonchev–Trinajstić information content (AvgIpc) is 2.79. The maximum absolute atomic E-state index is 12.4. The van der Waals surface area contributed by atoms with Gasteiger partial charge in [-0.2, -0.15) is 0 Å². The van der Waals surface area contributed by atoms with Gasteiger partial charge in [0, 0.05) is 43.3 Å². The number of ether oxygens (including phenoxy) is 2. The number of nitrogens with one attached hydrogen (secondary N) is 2. The molecule has 166 valence electrons. The maximum Gasteiger partial charge on any atom is 0.251 e. The van der Waals surface area contributed by atoms with Crippen molar-refractivity contribution < 1.29 is 19.1 Å². The minimum Gasteiger partial charge on any atom is -0.492 e. The van der Waals surface area contributed by atoms with Crippen LogP contribution in [0.25, 0.3) is 0 Å². The Morgan fingerprint density at radius 3 is 2.55 bits per heavy atom. The first-order valence-electron chi connectivity index (χ1n) is 10.7. The number of nitrogens with zero attached hydrogens (tertiary/aromatic N) is 1. The van der Waals surface area contributed by atoms with E-state index in [0.717, 1.165) is 44.2 Å². The van der Waals surface area contributed by atoms with Crippen molar-refractivity contribution in [3.05, 3.63) is 59.7 Å². The molecule has 0 bridgehead atoms. The topological polar surface area (TPSA) is 79.9 Å². The molecule has 0 unspecified atom stereocenters. The number of rotatable bonds is 9. The third-order valence-corrected chi connectivity index (χ3v) is 5.07. The minimum absolute atomic E-state index is 0.0516. The van der Waals surface area contributed by atoms with Gasteiger partial charge in [-0.1, -0.05) is 26.0 Å². The lowest BCUT2D eigenvalue weighted by molar-refractivity contribution is -0.118. The number of anilines is 1. The molecule has 1 aliphatic heterocycles. The number of hydrogen-bond acceptors (Lipinski definition) is 5. The molecule has 7 nitrogen and oxygen atoms in total. The second-order valence-corrected chi connectivity index (χ2v) is 7.85. The highest BCUT2D eigenvalue weighted by Gasteiger charge is 2.11. The van der Waals surface area contributed by atoms with E-state index in [-0.39, 0.29) is 17.7 Å². The Hall–Kier alpha value is -2.90. The van der Waals surface area contributed by atoms with Crippen LogP contribution in [0.4, 0.5) is 5.69 Å². The van der Waals surface area contributed by atoms with E-state index in [0.29, 0.717) is 24.4 Å². The van der Waals surface area contributed by atoms with Gasteiger partial charge < -0.3 is 20.1 Å². The molecule has 0 atom stereocenters. The highest BCUT2D eigenvalue weighted by atomic mass is 16.5. The van der Waals surface area contributed by atoms with E-state index in [1.807, 2.05) is 38.1 Å². The highest BCUT2D eigenvalue weighted by Crippen LogP contribution is 2.14. The summed E-state index contributed by atoms with van der Waals surface area (Å²) in [6.45, 7) is 9.03.